The summed E-state index contributed by atoms with van der Waals surface area (Å²) in [5.41, 5.74) is 3.69. The first-order valence-electron chi connectivity index (χ1n) is 4.82. The lowest BCUT2D eigenvalue weighted by molar-refractivity contribution is 0.640. The Morgan fingerprint density at radius 3 is 3.23 bits per heavy atom. The maximum absolute atomic E-state index is 4.36. The van der Waals surface area contributed by atoms with Crippen molar-refractivity contribution < 1.29 is 0 Å². The van der Waals surface area contributed by atoms with Crippen LogP contribution in [0.2, 0.25) is 0 Å². The minimum Gasteiger partial charge on any atom is -0.292 e. The first-order valence-corrected chi connectivity index (χ1v) is 4.82. The Hall–Kier alpha value is -1.12. The highest BCUT2D eigenvalue weighted by Gasteiger charge is 2.20. The summed E-state index contributed by atoms with van der Waals surface area (Å²) in [7, 11) is 1.87. The van der Waals surface area contributed by atoms with Crippen LogP contribution in [-0.2, 0) is 6.42 Å². The number of aryl methyl sites for hydroxylation is 1. The van der Waals surface area contributed by atoms with Crippen molar-refractivity contribution in [3.05, 3.63) is 17.5 Å². The molecule has 0 aromatic carbocycles. The SMILES string of the molecule is CN=C1c2cn[nH]c2CCCC1C. The van der Waals surface area contributed by atoms with Crippen LogP contribution in [0.1, 0.15) is 31.0 Å². The van der Waals surface area contributed by atoms with Gasteiger partial charge in [0.1, 0.15) is 0 Å². The summed E-state index contributed by atoms with van der Waals surface area (Å²) in [5.74, 6) is 0.573. The highest BCUT2D eigenvalue weighted by atomic mass is 15.1. The Morgan fingerprint density at radius 2 is 2.46 bits per heavy atom. The van der Waals surface area contributed by atoms with E-state index >= 15 is 0 Å². The van der Waals surface area contributed by atoms with Gasteiger partial charge in [-0.3, -0.25) is 10.1 Å². The van der Waals surface area contributed by atoms with Crippen LogP contribution in [0.5, 0.6) is 0 Å². The number of fused-ring (bicyclic) bond motifs is 1. The maximum Gasteiger partial charge on any atom is 0.0581 e. The van der Waals surface area contributed by atoms with Crippen LogP contribution in [0, 0.1) is 5.92 Å². The molecule has 0 radical (unpaired) electrons. The van der Waals surface area contributed by atoms with Gasteiger partial charge in [0.15, 0.2) is 0 Å². The van der Waals surface area contributed by atoms with Gasteiger partial charge in [-0.15, -0.1) is 0 Å². The summed E-state index contributed by atoms with van der Waals surface area (Å²) in [4.78, 5) is 4.36. The van der Waals surface area contributed by atoms with Gasteiger partial charge in [0.25, 0.3) is 0 Å². The molecule has 70 valence electrons. The molecule has 1 aliphatic rings. The molecule has 1 aromatic rings. The predicted octanol–water partition coefficient (Wildman–Crippen LogP) is 1.80. The zero-order valence-corrected chi connectivity index (χ0v) is 8.17. The summed E-state index contributed by atoms with van der Waals surface area (Å²) in [6.45, 7) is 2.24. The van der Waals surface area contributed by atoms with Gasteiger partial charge in [0.05, 0.1) is 6.20 Å². The van der Waals surface area contributed by atoms with Crippen molar-refractivity contribution in [1.82, 2.24) is 10.2 Å². The van der Waals surface area contributed by atoms with Crippen LogP contribution < -0.4 is 0 Å². The smallest absolute Gasteiger partial charge is 0.0581 e. The average molecular weight is 177 g/mol. The van der Waals surface area contributed by atoms with E-state index in [2.05, 4.69) is 22.1 Å². The number of nitrogens with one attached hydrogen (secondary N) is 1. The third kappa shape index (κ3) is 1.39. The quantitative estimate of drug-likeness (QED) is 0.603. The molecule has 2 rings (SSSR count). The fraction of sp³-hybridized carbons (Fsp3) is 0.600. The maximum atomic E-state index is 4.36. The molecule has 3 heteroatoms. The number of H-pyrrole nitrogens is 1. The molecule has 0 spiro atoms. The highest BCUT2D eigenvalue weighted by Crippen LogP contribution is 2.23. The van der Waals surface area contributed by atoms with E-state index in [1.165, 1.54) is 29.8 Å². The summed E-state index contributed by atoms with van der Waals surface area (Å²) in [5, 5.41) is 7.12. The van der Waals surface area contributed by atoms with E-state index in [0.717, 1.165) is 6.42 Å². The van der Waals surface area contributed by atoms with E-state index in [1.807, 2.05) is 13.2 Å². The van der Waals surface area contributed by atoms with Crippen molar-refractivity contribution in [3.63, 3.8) is 0 Å². The van der Waals surface area contributed by atoms with E-state index < -0.39 is 0 Å². The number of hydrogen-bond acceptors (Lipinski definition) is 2. The number of rotatable bonds is 0. The fourth-order valence-electron chi connectivity index (χ4n) is 2.05. The van der Waals surface area contributed by atoms with Crippen LogP contribution in [-0.4, -0.2) is 23.0 Å². The van der Waals surface area contributed by atoms with Crippen molar-refractivity contribution in [2.24, 2.45) is 10.9 Å². The average Bonchev–Trinajstić information content (AvgIpc) is 2.50. The molecule has 1 N–H and O–H groups in total. The van der Waals surface area contributed by atoms with Gasteiger partial charge >= 0.3 is 0 Å². The number of aliphatic imine (C=N–C) groups is 1. The summed E-state index contributed by atoms with van der Waals surface area (Å²) < 4.78 is 0. The minimum absolute atomic E-state index is 0.573. The van der Waals surface area contributed by atoms with Crippen molar-refractivity contribution in [2.75, 3.05) is 7.05 Å². The van der Waals surface area contributed by atoms with Crippen LogP contribution in [0.3, 0.4) is 0 Å². The lowest BCUT2D eigenvalue weighted by atomic mass is 9.98. The molecule has 1 unspecified atom stereocenters. The van der Waals surface area contributed by atoms with Crippen molar-refractivity contribution >= 4 is 5.71 Å². The zero-order valence-electron chi connectivity index (χ0n) is 8.17. The molecule has 0 saturated heterocycles. The topological polar surface area (TPSA) is 41.0 Å². The van der Waals surface area contributed by atoms with E-state index in [4.69, 9.17) is 0 Å². The lowest BCUT2D eigenvalue weighted by Crippen LogP contribution is -2.10. The molecule has 0 amide bonds. The Labute approximate surface area is 78.3 Å². The third-order valence-electron chi connectivity index (χ3n) is 2.77. The zero-order chi connectivity index (χ0) is 9.26. The second kappa shape index (κ2) is 3.32. The molecule has 3 nitrogen and oxygen atoms in total. The van der Waals surface area contributed by atoms with Crippen molar-refractivity contribution in [3.8, 4) is 0 Å². The van der Waals surface area contributed by atoms with Gasteiger partial charge in [0, 0.05) is 24.0 Å². The van der Waals surface area contributed by atoms with Crippen molar-refractivity contribution in [2.45, 2.75) is 26.2 Å². The van der Waals surface area contributed by atoms with E-state index in [-0.39, 0.29) is 0 Å². The first-order chi connectivity index (χ1) is 6.33. The Morgan fingerprint density at radius 1 is 1.62 bits per heavy atom. The van der Waals surface area contributed by atoms with Crippen molar-refractivity contribution in [1.29, 1.82) is 0 Å². The van der Waals surface area contributed by atoms with Gasteiger partial charge in [0.2, 0.25) is 0 Å². The second-order valence-electron chi connectivity index (χ2n) is 3.66. The van der Waals surface area contributed by atoms with Crippen LogP contribution in [0.15, 0.2) is 11.2 Å². The van der Waals surface area contributed by atoms with Crippen LogP contribution in [0.25, 0.3) is 0 Å². The molecular formula is C10H15N3. The summed E-state index contributed by atoms with van der Waals surface area (Å²) in [6, 6.07) is 0. The molecule has 1 atom stereocenters. The normalized spacial score (nSPS) is 25.7. The standard InChI is InChI=1S/C10H15N3/c1-7-4-3-5-9-8(6-12-13-9)10(7)11-2/h6-7H,3-5H2,1-2H3,(H,12,13). The largest absolute Gasteiger partial charge is 0.292 e. The number of hydrogen-bond donors (Lipinski definition) is 1. The number of nitrogens with zero attached hydrogens (tertiary/aromatic N) is 2. The van der Waals surface area contributed by atoms with Crippen LogP contribution in [0.4, 0.5) is 0 Å². The monoisotopic (exact) mass is 177 g/mol. The lowest BCUT2D eigenvalue weighted by Gasteiger charge is -2.09. The van der Waals surface area contributed by atoms with Crippen LogP contribution >= 0.6 is 0 Å². The molecule has 1 aliphatic carbocycles. The van der Waals surface area contributed by atoms with Gasteiger partial charge in [-0.2, -0.15) is 5.10 Å². The number of aromatic amines is 1. The summed E-state index contributed by atoms with van der Waals surface area (Å²) >= 11 is 0. The molecule has 13 heavy (non-hydrogen) atoms. The summed E-state index contributed by atoms with van der Waals surface area (Å²) in [6.07, 6.45) is 5.47. The Balaban J connectivity index is 2.46. The molecular weight excluding hydrogens is 162 g/mol. The fourth-order valence-corrected chi connectivity index (χ4v) is 2.05. The van der Waals surface area contributed by atoms with Gasteiger partial charge in [-0.1, -0.05) is 6.92 Å². The second-order valence-corrected chi connectivity index (χ2v) is 3.66. The Kier molecular flexibility index (Phi) is 2.17. The van der Waals surface area contributed by atoms with Gasteiger partial charge in [-0.05, 0) is 25.2 Å². The van der Waals surface area contributed by atoms with E-state index in [9.17, 15) is 0 Å². The van der Waals surface area contributed by atoms with Gasteiger partial charge < -0.3 is 0 Å². The number of aromatic nitrogens is 2. The molecule has 1 heterocycles. The molecule has 0 saturated carbocycles. The third-order valence-corrected chi connectivity index (χ3v) is 2.77. The molecule has 0 fully saturated rings. The van der Waals surface area contributed by atoms with E-state index in [0.29, 0.717) is 5.92 Å². The van der Waals surface area contributed by atoms with Gasteiger partial charge in [-0.25, -0.2) is 0 Å². The molecule has 0 aliphatic heterocycles. The predicted molar refractivity (Wildman–Crippen MR) is 53.2 cm³/mol. The molecule has 1 aromatic heterocycles. The molecule has 0 bridgehead atoms. The highest BCUT2D eigenvalue weighted by molar-refractivity contribution is 6.03. The first kappa shape index (κ1) is 8.48. The van der Waals surface area contributed by atoms with E-state index in [1.54, 1.807) is 0 Å². The Bertz CT molecular complexity index is 325. The minimum atomic E-state index is 0.573.